The van der Waals surface area contributed by atoms with E-state index in [9.17, 15) is 9.59 Å². The highest BCUT2D eigenvalue weighted by molar-refractivity contribution is 6.48. The fourth-order valence-corrected chi connectivity index (χ4v) is 2.05. The Kier molecular flexibility index (Phi) is 2.08. The van der Waals surface area contributed by atoms with Gasteiger partial charge in [0.2, 0.25) is 5.78 Å². The molecule has 0 atom stereocenters. The molecule has 0 unspecified atom stereocenters. The predicted molar refractivity (Wildman–Crippen MR) is 49.4 cm³/mol. The Morgan fingerprint density at radius 3 is 2.38 bits per heavy atom. The van der Waals surface area contributed by atoms with Crippen molar-refractivity contribution in [3.8, 4) is 0 Å². The molecule has 2 aliphatic rings. The summed E-state index contributed by atoms with van der Waals surface area (Å²) >= 11 is 5.64. The third-order valence-electron chi connectivity index (χ3n) is 2.51. The first kappa shape index (κ1) is 8.70. The number of carbonyl (C=O) groups is 2. The lowest BCUT2D eigenvalue weighted by atomic mass is 9.84. The van der Waals surface area contributed by atoms with E-state index in [0.717, 1.165) is 19.3 Å². The number of hydrogen-bond acceptors (Lipinski definition) is 2. The van der Waals surface area contributed by atoms with E-state index >= 15 is 0 Å². The molecule has 13 heavy (non-hydrogen) atoms. The van der Waals surface area contributed by atoms with Crippen LogP contribution in [0.4, 0.5) is 0 Å². The molecule has 2 rings (SSSR count). The van der Waals surface area contributed by atoms with Crippen molar-refractivity contribution in [1.29, 1.82) is 0 Å². The average Bonchev–Trinajstić information content (AvgIpc) is 2.15. The van der Waals surface area contributed by atoms with Crippen LogP contribution in [0.1, 0.15) is 25.7 Å². The van der Waals surface area contributed by atoms with Crippen LogP contribution in [-0.4, -0.2) is 11.6 Å². The van der Waals surface area contributed by atoms with Crippen LogP contribution in [0.25, 0.3) is 0 Å². The van der Waals surface area contributed by atoms with E-state index in [-0.39, 0.29) is 16.6 Å². The molecule has 0 bridgehead atoms. The number of Topliss-reactive ketones (excluding diaryl/α,β-unsaturated/α-hetero) is 1. The monoisotopic (exact) mass is 196 g/mol. The Hall–Kier alpha value is -0.890. The number of ketones is 2. The fourth-order valence-electron chi connectivity index (χ4n) is 1.84. The van der Waals surface area contributed by atoms with Crippen molar-refractivity contribution in [1.82, 2.24) is 0 Å². The van der Waals surface area contributed by atoms with Crippen molar-refractivity contribution < 1.29 is 9.59 Å². The lowest BCUT2D eigenvalue weighted by molar-refractivity contribution is -0.115. The quantitative estimate of drug-likeness (QED) is 0.557. The van der Waals surface area contributed by atoms with E-state index in [0.29, 0.717) is 17.6 Å². The van der Waals surface area contributed by atoms with E-state index in [1.807, 2.05) is 0 Å². The topological polar surface area (TPSA) is 34.1 Å². The molecule has 3 heteroatoms. The van der Waals surface area contributed by atoms with Crippen molar-refractivity contribution in [3.05, 3.63) is 22.3 Å². The van der Waals surface area contributed by atoms with Gasteiger partial charge in [-0.2, -0.15) is 0 Å². The number of rotatable bonds is 0. The first-order valence-electron chi connectivity index (χ1n) is 4.38. The number of halogens is 1. The van der Waals surface area contributed by atoms with Crippen molar-refractivity contribution in [3.63, 3.8) is 0 Å². The van der Waals surface area contributed by atoms with Gasteiger partial charge in [0.25, 0.3) is 0 Å². The minimum absolute atomic E-state index is 0.0701. The number of hydrogen-bond donors (Lipinski definition) is 0. The van der Waals surface area contributed by atoms with Gasteiger partial charge in [0, 0.05) is 17.2 Å². The summed E-state index contributed by atoms with van der Waals surface area (Å²) in [6.07, 6.45) is 4.68. The van der Waals surface area contributed by atoms with E-state index in [1.54, 1.807) is 0 Å². The molecule has 0 aromatic rings. The van der Waals surface area contributed by atoms with E-state index in [2.05, 4.69) is 0 Å². The Morgan fingerprint density at radius 1 is 1.08 bits per heavy atom. The standard InChI is InChI=1S/C10H9ClO2/c11-8-5-9(12)6-3-1-2-4-7(6)10(8)13/h5H,1-4H2. The maximum absolute atomic E-state index is 11.5. The van der Waals surface area contributed by atoms with Gasteiger partial charge in [-0.3, -0.25) is 9.59 Å². The highest BCUT2D eigenvalue weighted by Gasteiger charge is 2.28. The van der Waals surface area contributed by atoms with Crippen LogP contribution in [0.15, 0.2) is 22.3 Å². The Bertz CT molecular complexity index is 350. The molecule has 0 saturated carbocycles. The van der Waals surface area contributed by atoms with Crippen LogP contribution in [-0.2, 0) is 9.59 Å². The van der Waals surface area contributed by atoms with Crippen LogP contribution in [0.5, 0.6) is 0 Å². The van der Waals surface area contributed by atoms with Gasteiger partial charge in [0.05, 0.1) is 5.03 Å². The number of allylic oxidation sites excluding steroid dienone is 4. The second kappa shape index (κ2) is 3.11. The molecule has 0 fully saturated rings. The summed E-state index contributed by atoms with van der Waals surface area (Å²) in [5.41, 5.74) is 1.35. The second-order valence-electron chi connectivity index (χ2n) is 3.35. The molecule has 0 aromatic heterocycles. The van der Waals surface area contributed by atoms with E-state index in [1.165, 1.54) is 6.08 Å². The minimum Gasteiger partial charge on any atom is -0.290 e. The molecule has 2 aliphatic carbocycles. The Balaban J connectivity index is 2.45. The molecule has 0 radical (unpaired) electrons. The highest BCUT2D eigenvalue weighted by atomic mass is 35.5. The predicted octanol–water partition coefficient (Wildman–Crippen LogP) is 2.13. The Morgan fingerprint density at radius 2 is 1.69 bits per heavy atom. The molecule has 0 aliphatic heterocycles. The van der Waals surface area contributed by atoms with E-state index < -0.39 is 0 Å². The van der Waals surface area contributed by atoms with Gasteiger partial charge < -0.3 is 0 Å². The fraction of sp³-hybridized carbons (Fsp3) is 0.400. The second-order valence-corrected chi connectivity index (χ2v) is 3.76. The summed E-state index contributed by atoms with van der Waals surface area (Å²) < 4.78 is 0. The first-order chi connectivity index (χ1) is 6.20. The largest absolute Gasteiger partial charge is 0.290 e. The zero-order valence-corrected chi connectivity index (χ0v) is 7.86. The normalized spacial score (nSPS) is 23.0. The summed E-state index contributed by atoms with van der Waals surface area (Å²) in [7, 11) is 0. The first-order valence-corrected chi connectivity index (χ1v) is 4.76. The van der Waals surface area contributed by atoms with Crippen LogP contribution in [0, 0.1) is 0 Å². The molecule has 0 amide bonds. The lowest BCUT2D eigenvalue weighted by Gasteiger charge is -2.20. The van der Waals surface area contributed by atoms with Crippen LogP contribution >= 0.6 is 11.6 Å². The summed E-state index contributed by atoms with van der Waals surface area (Å²) in [4.78, 5) is 22.9. The van der Waals surface area contributed by atoms with Gasteiger partial charge in [-0.25, -0.2) is 0 Å². The summed E-state index contributed by atoms with van der Waals surface area (Å²) in [5.74, 6) is -0.213. The maximum atomic E-state index is 11.5. The van der Waals surface area contributed by atoms with Crippen LogP contribution in [0.3, 0.4) is 0 Å². The SMILES string of the molecule is O=C1C=C(Cl)C(=O)C2=C1CCCC2. The van der Waals surface area contributed by atoms with Gasteiger partial charge in [-0.05, 0) is 25.7 Å². The highest BCUT2D eigenvalue weighted by Crippen LogP contribution is 2.32. The maximum Gasteiger partial charge on any atom is 0.200 e. The molecule has 0 saturated heterocycles. The van der Waals surface area contributed by atoms with Gasteiger partial charge >= 0.3 is 0 Å². The smallest absolute Gasteiger partial charge is 0.200 e. The number of carbonyl (C=O) groups excluding carboxylic acids is 2. The van der Waals surface area contributed by atoms with Crippen molar-refractivity contribution in [2.24, 2.45) is 0 Å². The third kappa shape index (κ3) is 1.35. The molecule has 0 heterocycles. The van der Waals surface area contributed by atoms with Crippen molar-refractivity contribution in [2.75, 3.05) is 0 Å². The zero-order valence-electron chi connectivity index (χ0n) is 7.10. The van der Waals surface area contributed by atoms with Gasteiger partial charge in [0.1, 0.15) is 0 Å². The van der Waals surface area contributed by atoms with Gasteiger partial charge in [0.15, 0.2) is 5.78 Å². The molecule has 68 valence electrons. The van der Waals surface area contributed by atoms with Crippen LogP contribution in [0.2, 0.25) is 0 Å². The molecular formula is C10H9ClO2. The minimum atomic E-state index is -0.143. The van der Waals surface area contributed by atoms with Crippen molar-refractivity contribution >= 4 is 23.2 Å². The average molecular weight is 197 g/mol. The summed E-state index contributed by atoms with van der Waals surface area (Å²) in [6, 6.07) is 0. The molecule has 2 nitrogen and oxygen atoms in total. The van der Waals surface area contributed by atoms with Gasteiger partial charge in [-0.1, -0.05) is 11.6 Å². The zero-order chi connectivity index (χ0) is 9.42. The molecule has 0 aromatic carbocycles. The molecule has 0 N–H and O–H groups in total. The lowest BCUT2D eigenvalue weighted by Crippen LogP contribution is -2.19. The van der Waals surface area contributed by atoms with Crippen molar-refractivity contribution in [2.45, 2.75) is 25.7 Å². The molecule has 0 spiro atoms. The third-order valence-corrected chi connectivity index (χ3v) is 2.79. The van der Waals surface area contributed by atoms with Crippen LogP contribution < -0.4 is 0 Å². The molecular weight excluding hydrogens is 188 g/mol. The van der Waals surface area contributed by atoms with E-state index in [4.69, 9.17) is 11.6 Å². The van der Waals surface area contributed by atoms with Gasteiger partial charge in [-0.15, -0.1) is 0 Å². The Labute approximate surface area is 81.3 Å². The summed E-state index contributed by atoms with van der Waals surface area (Å²) in [5, 5.41) is 0.0747. The summed E-state index contributed by atoms with van der Waals surface area (Å²) in [6.45, 7) is 0.